The first-order chi connectivity index (χ1) is 13.0. The fourth-order valence-electron chi connectivity index (χ4n) is 2.23. The first-order valence-electron chi connectivity index (χ1n) is 7.77. The number of rotatable bonds is 5. The lowest BCUT2D eigenvalue weighted by molar-refractivity contribution is 0.0956. The Labute approximate surface area is 164 Å². The monoisotopic (exact) mass is 401 g/mol. The van der Waals surface area contributed by atoms with E-state index in [9.17, 15) is 9.59 Å². The first kappa shape index (κ1) is 18.7. The number of halogens is 2. The van der Waals surface area contributed by atoms with Crippen molar-refractivity contribution in [3.63, 3.8) is 0 Å². The highest BCUT2D eigenvalue weighted by atomic mass is 35.5. The van der Waals surface area contributed by atoms with Crippen molar-refractivity contribution in [3.8, 4) is 0 Å². The third kappa shape index (κ3) is 4.75. The standard InChI is InChI=1S/C19H13Cl2N3O3/c20-12-7-8-14(16(21)10-12)18(25)23-17-6-2-1-5-15(17)19(26)24-22-11-13-4-3-9-27-13/h1-11H,(H,23,25)(H,24,26)/b22-11+. The van der Waals surface area contributed by atoms with E-state index in [2.05, 4.69) is 15.8 Å². The molecule has 2 amide bonds. The van der Waals surface area contributed by atoms with Gasteiger partial charge in [-0.1, -0.05) is 35.3 Å². The number of benzene rings is 2. The molecule has 136 valence electrons. The number of nitrogens with zero attached hydrogens (tertiary/aromatic N) is 1. The molecule has 3 rings (SSSR count). The van der Waals surface area contributed by atoms with Gasteiger partial charge in [0.1, 0.15) is 5.76 Å². The highest BCUT2D eigenvalue weighted by Crippen LogP contribution is 2.23. The minimum absolute atomic E-state index is 0.213. The number of para-hydroxylation sites is 1. The van der Waals surface area contributed by atoms with Crippen LogP contribution >= 0.6 is 23.2 Å². The number of furan rings is 1. The largest absolute Gasteiger partial charge is 0.463 e. The summed E-state index contributed by atoms with van der Waals surface area (Å²) in [6, 6.07) is 14.5. The molecule has 6 nitrogen and oxygen atoms in total. The average molecular weight is 402 g/mol. The van der Waals surface area contributed by atoms with Crippen molar-refractivity contribution < 1.29 is 14.0 Å². The number of nitrogens with one attached hydrogen (secondary N) is 2. The topological polar surface area (TPSA) is 83.7 Å². The number of hydrogen-bond donors (Lipinski definition) is 2. The third-order valence-corrected chi connectivity index (χ3v) is 4.04. The quantitative estimate of drug-likeness (QED) is 0.483. The molecule has 0 atom stereocenters. The smallest absolute Gasteiger partial charge is 0.273 e. The van der Waals surface area contributed by atoms with Gasteiger partial charge >= 0.3 is 0 Å². The number of amides is 2. The van der Waals surface area contributed by atoms with E-state index in [1.165, 1.54) is 24.6 Å². The number of hydrogen-bond acceptors (Lipinski definition) is 4. The summed E-state index contributed by atoms with van der Waals surface area (Å²) in [6.07, 6.45) is 2.86. The summed E-state index contributed by atoms with van der Waals surface area (Å²) >= 11 is 11.9. The molecule has 8 heteroatoms. The van der Waals surface area contributed by atoms with Gasteiger partial charge in [0, 0.05) is 5.02 Å². The number of anilines is 1. The summed E-state index contributed by atoms with van der Waals surface area (Å²) in [5.74, 6) is -0.457. The van der Waals surface area contributed by atoms with Crippen LogP contribution in [0.1, 0.15) is 26.5 Å². The molecule has 0 bridgehead atoms. The second-order valence-electron chi connectivity index (χ2n) is 5.34. The molecule has 0 unspecified atom stereocenters. The molecule has 0 aliphatic rings. The van der Waals surface area contributed by atoms with E-state index in [0.29, 0.717) is 16.5 Å². The highest BCUT2D eigenvalue weighted by molar-refractivity contribution is 6.37. The van der Waals surface area contributed by atoms with Gasteiger partial charge in [-0.2, -0.15) is 5.10 Å². The lowest BCUT2D eigenvalue weighted by atomic mass is 10.1. The molecule has 0 fully saturated rings. The van der Waals surface area contributed by atoms with E-state index in [1.54, 1.807) is 42.5 Å². The van der Waals surface area contributed by atoms with Crippen LogP contribution in [0.5, 0.6) is 0 Å². The zero-order valence-electron chi connectivity index (χ0n) is 13.8. The molecule has 0 saturated heterocycles. The molecule has 0 radical (unpaired) electrons. The van der Waals surface area contributed by atoms with Crippen molar-refractivity contribution in [2.75, 3.05) is 5.32 Å². The SMILES string of the molecule is O=C(Nc1ccccc1C(=O)N/N=C/c1ccco1)c1ccc(Cl)cc1Cl. The van der Waals surface area contributed by atoms with Crippen LogP contribution in [-0.4, -0.2) is 18.0 Å². The second-order valence-corrected chi connectivity index (χ2v) is 6.18. The normalized spacial score (nSPS) is 10.7. The lowest BCUT2D eigenvalue weighted by Gasteiger charge is -2.11. The van der Waals surface area contributed by atoms with Crippen LogP contribution < -0.4 is 10.7 Å². The van der Waals surface area contributed by atoms with Crippen LogP contribution in [0, 0.1) is 0 Å². The number of carbonyl (C=O) groups excluding carboxylic acids is 2. The molecule has 2 aromatic carbocycles. The van der Waals surface area contributed by atoms with Crippen molar-refractivity contribution in [3.05, 3.63) is 87.8 Å². The summed E-state index contributed by atoms with van der Waals surface area (Å²) in [5.41, 5.74) is 3.19. The maximum absolute atomic E-state index is 12.5. The second kappa shape index (κ2) is 8.53. The van der Waals surface area contributed by atoms with Crippen LogP contribution in [0.2, 0.25) is 10.0 Å². The molecule has 0 aliphatic heterocycles. The van der Waals surface area contributed by atoms with E-state index in [1.807, 2.05) is 0 Å². The zero-order chi connectivity index (χ0) is 19.2. The van der Waals surface area contributed by atoms with Gasteiger partial charge in [0.05, 0.1) is 34.3 Å². The summed E-state index contributed by atoms with van der Waals surface area (Å²) < 4.78 is 5.09. The Morgan fingerprint density at radius 2 is 1.78 bits per heavy atom. The van der Waals surface area contributed by atoms with Gasteiger partial charge in [-0.25, -0.2) is 5.43 Å². The average Bonchev–Trinajstić information content (AvgIpc) is 3.15. The first-order valence-corrected chi connectivity index (χ1v) is 8.52. The Morgan fingerprint density at radius 1 is 0.963 bits per heavy atom. The van der Waals surface area contributed by atoms with Crippen LogP contribution in [0.3, 0.4) is 0 Å². The van der Waals surface area contributed by atoms with Gasteiger partial charge in [0.25, 0.3) is 11.8 Å². The maximum atomic E-state index is 12.5. The number of hydrazone groups is 1. The highest BCUT2D eigenvalue weighted by Gasteiger charge is 2.15. The third-order valence-electron chi connectivity index (χ3n) is 3.50. The Hall–Kier alpha value is -3.09. The summed E-state index contributed by atoms with van der Waals surface area (Å²) in [5, 5.41) is 7.13. The molecule has 1 aromatic heterocycles. The summed E-state index contributed by atoms with van der Waals surface area (Å²) in [4.78, 5) is 24.9. The molecule has 2 N–H and O–H groups in total. The minimum Gasteiger partial charge on any atom is -0.463 e. The molecule has 27 heavy (non-hydrogen) atoms. The lowest BCUT2D eigenvalue weighted by Crippen LogP contribution is -2.21. The van der Waals surface area contributed by atoms with E-state index >= 15 is 0 Å². The predicted octanol–water partition coefficient (Wildman–Crippen LogP) is 4.60. The molecular formula is C19H13Cl2N3O3. The molecule has 0 spiro atoms. The Kier molecular flexibility index (Phi) is 5.90. The fourth-order valence-corrected chi connectivity index (χ4v) is 2.73. The van der Waals surface area contributed by atoms with Gasteiger partial charge in [-0.3, -0.25) is 9.59 Å². The maximum Gasteiger partial charge on any atom is 0.273 e. The van der Waals surface area contributed by atoms with Crippen molar-refractivity contribution in [1.82, 2.24) is 5.43 Å². The van der Waals surface area contributed by atoms with E-state index in [-0.39, 0.29) is 16.1 Å². The molecule has 0 aliphatic carbocycles. The van der Waals surface area contributed by atoms with Crippen molar-refractivity contribution in [1.29, 1.82) is 0 Å². The van der Waals surface area contributed by atoms with E-state index in [4.69, 9.17) is 27.6 Å². The van der Waals surface area contributed by atoms with Crippen LogP contribution in [0.4, 0.5) is 5.69 Å². The minimum atomic E-state index is -0.490. The Bertz CT molecular complexity index is 1000. The van der Waals surface area contributed by atoms with Gasteiger partial charge in [-0.05, 0) is 42.5 Å². The molecular weight excluding hydrogens is 389 g/mol. The van der Waals surface area contributed by atoms with Crippen LogP contribution in [0.15, 0.2) is 70.4 Å². The molecule has 3 aromatic rings. The van der Waals surface area contributed by atoms with Crippen molar-refractivity contribution >= 4 is 46.9 Å². The van der Waals surface area contributed by atoms with E-state index in [0.717, 1.165) is 0 Å². The fraction of sp³-hybridized carbons (Fsp3) is 0. The summed E-state index contributed by atoms with van der Waals surface area (Å²) in [6.45, 7) is 0. The predicted molar refractivity (Wildman–Crippen MR) is 105 cm³/mol. The molecule has 0 saturated carbocycles. The Balaban J connectivity index is 1.75. The number of carbonyl (C=O) groups is 2. The summed E-state index contributed by atoms with van der Waals surface area (Å²) in [7, 11) is 0. The van der Waals surface area contributed by atoms with Crippen LogP contribution in [0.25, 0.3) is 0 Å². The van der Waals surface area contributed by atoms with Gasteiger partial charge in [0.2, 0.25) is 0 Å². The zero-order valence-corrected chi connectivity index (χ0v) is 15.3. The van der Waals surface area contributed by atoms with Crippen molar-refractivity contribution in [2.24, 2.45) is 5.10 Å². The van der Waals surface area contributed by atoms with Gasteiger partial charge in [0.15, 0.2) is 0 Å². The van der Waals surface area contributed by atoms with Gasteiger partial charge in [-0.15, -0.1) is 0 Å². The van der Waals surface area contributed by atoms with Gasteiger partial charge < -0.3 is 9.73 Å². The molecule has 1 heterocycles. The van der Waals surface area contributed by atoms with Crippen LogP contribution in [-0.2, 0) is 0 Å². The Morgan fingerprint density at radius 3 is 2.52 bits per heavy atom. The van der Waals surface area contributed by atoms with E-state index < -0.39 is 11.8 Å². The van der Waals surface area contributed by atoms with Crippen molar-refractivity contribution in [2.45, 2.75) is 0 Å².